The Kier molecular flexibility index (Phi) is 3.02. The molecule has 19 heavy (non-hydrogen) atoms. The quantitative estimate of drug-likeness (QED) is 0.725. The second-order valence-electron chi connectivity index (χ2n) is 4.37. The summed E-state index contributed by atoms with van der Waals surface area (Å²) in [5.74, 6) is 0.662. The monoisotopic (exact) mass is 250 g/mol. The normalized spacial score (nSPS) is 10.5. The molecule has 0 spiro atoms. The van der Waals surface area contributed by atoms with Gasteiger partial charge in [0, 0.05) is 17.3 Å². The maximum Gasteiger partial charge on any atom is 0.221 e. The number of rotatable bonds is 3. The van der Waals surface area contributed by atoms with Gasteiger partial charge in [0.05, 0.1) is 0 Å². The molecule has 94 valence electrons. The van der Waals surface area contributed by atoms with Crippen LogP contribution in [0.2, 0.25) is 0 Å². The predicted octanol–water partition coefficient (Wildman–Crippen LogP) is 3.40. The van der Waals surface area contributed by atoms with Gasteiger partial charge in [0.2, 0.25) is 5.88 Å². The number of ether oxygens (including phenoxy) is 1. The molecule has 2 N–H and O–H groups in total. The van der Waals surface area contributed by atoms with Crippen LogP contribution in [0.15, 0.2) is 60.8 Å². The third kappa shape index (κ3) is 2.50. The van der Waals surface area contributed by atoms with Crippen molar-refractivity contribution in [3.05, 3.63) is 66.4 Å². The van der Waals surface area contributed by atoms with Crippen molar-refractivity contribution in [2.24, 2.45) is 0 Å². The van der Waals surface area contributed by atoms with Crippen LogP contribution < -0.4 is 10.5 Å². The van der Waals surface area contributed by atoms with Crippen LogP contribution in [0.4, 0.5) is 5.69 Å². The molecular formula is C16H14N2O. The van der Waals surface area contributed by atoms with Gasteiger partial charge in [0.15, 0.2) is 0 Å². The van der Waals surface area contributed by atoms with Crippen LogP contribution in [0.25, 0.3) is 10.8 Å². The Balaban J connectivity index is 1.84. The first-order chi connectivity index (χ1) is 9.33. The maximum atomic E-state index is 5.79. The molecule has 0 saturated carbocycles. The zero-order valence-electron chi connectivity index (χ0n) is 10.4. The van der Waals surface area contributed by atoms with Gasteiger partial charge in [-0.1, -0.05) is 30.3 Å². The van der Waals surface area contributed by atoms with E-state index in [1.54, 1.807) is 6.20 Å². The summed E-state index contributed by atoms with van der Waals surface area (Å²) in [4.78, 5) is 4.29. The number of benzene rings is 2. The average Bonchev–Trinajstić information content (AvgIpc) is 2.47. The lowest BCUT2D eigenvalue weighted by molar-refractivity contribution is 0.298. The van der Waals surface area contributed by atoms with E-state index in [-0.39, 0.29) is 0 Å². The molecule has 3 aromatic rings. The summed E-state index contributed by atoms with van der Waals surface area (Å²) in [5, 5.41) is 2.16. The molecule has 0 unspecified atom stereocenters. The van der Waals surface area contributed by atoms with E-state index in [9.17, 15) is 0 Å². The number of hydrogen-bond donors (Lipinski definition) is 1. The van der Waals surface area contributed by atoms with Crippen molar-refractivity contribution in [2.75, 3.05) is 5.73 Å². The van der Waals surface area contributed by atoms with Gasteiger partial charge in [-0.05, 0) is 35.2 Å². The highest BCUT2D eigenvalue weighted by molar-refractivity contribution is 5.86. The summed E-state index contributed by atoms with van der Waals surface area (Å²) in [6.45, 7) is 0.487. The van der Waals surface area contributed by atoms with Gasteiger partial charge >= 0.3 is 0 Å². The third-order valence-corrected chi connectivity index (χ3v) is 2.99. The van der Waals surface area contributed by atoms with Crippen LogP contribution in [0, 0.1) is 0 Å². The van der Waals surface area contributed by atoms with Crippen molar-refractivity contribution in [1.82, 2.24) is 4.98 Å². The molecule has 1 heterocycles. The molecule has 0 atom stereocenters. The smallest absolute Gasteiger partial charge is 0.221 e. The molecule has 3 heteroatoms. The standard InChI is InChI=1S/C16H14N2O/c17-14-7-5-12(6-8-14)11-19-16-15-4-2-1-3-13(15)9-10-18-16/h1-10H,11,17H2. The molecule has 0 amide bonds. The largest absolute Gasteiger partial charge is 0.472 e. The summed E-state index contributed by atoms with van der Waals surface area (Å²) < 4.78 is 5.79. The molecule has 1 aromatic heterocycles. The number of nitrogen functional groups attached to an aromatic ring is 1. The van der Waals surface area contributed by atoms with Crippen molar-refractivity contribution in [3.63, 3.8) is 0 Å². The van der Waals surface area contributed by atoms with Crippen LogP contribution >= 0.6 is 0 Å². The van der Waals surface area contributed by atoms with Crippen LogP contribution in [0.5, 0.6) is 5.88 Å². The van der Waals surface area contributed by atoms with E-state index in [4.69, 9.17) is 10.5 Å². The zero-order chi connectivity index (χ0) is 13.1. The molecule has 3 rings (SSSR count). The SMILES string of the molecule is Nc1ccc(COc2nccc3ccccc23)cc1. The van der Waals surface area contributed by atoms with Gasteiger partial charge in [-0.25, -0.2) is 4.98 Å². The minimum atomic E-state index is 0.487. The fourth-order valence-electron chi connectivity index (χ4n) is 1.97. The minimum absolute atomic E-state index is 0.487. The Morgan fingerprint density at radius 1 is 0.947 bits per heavy atom. The van der Waals surface area contributed by atoms with Crippen LogP contribution in [-0.4, -0.2) is 4.98 Å². The molecule has 0 aliphatic heterocycles. The van der Waals surface area contributed by atoms with Crippen molar-refractivity contribution in [3.8, 4) is 5.88 Å². The summed E-state index contributed by atoms with van der Waals surface area (Å²) >= 11 is 0. The Bertz CT molecular complexity index is 687. The molecular weight excluding hydrogens is 236 g/mol. The van der Waals surface area contributed by atoms with Crippen LogP contribution in [0.1, 0.15) is 5.56 Å². The highest BCUT2D eigenvalue weighted by atomic mass is 16.5. The second kappa shape index (κ2) is 4.98. The Morgan fingerprint density at radius 2 is 1.74 bits per heavy atom. The topological polar surface area (TPSA) is 48.1 Å². The number of hydrogen-bond acceptors (Lipinski definition) is 3. The number of fused-ring (bicyclic) bond motifs is 1. The lowest BCUT2D eigenvalue weighted by Gasteiger charge is -2.08. The molecule has 0 radical (unpaired) electrons. The van der Waals surface area contributed by atoms with Gasteiger partial charge in [-0.2, -0.15) is 0 Å². The lowest BCUT2D eigenvalue weighted by Crippen LogP contribution is -1.98. The first kappa shape index (κ1) is 11.5. The number of nitrogens with zero attached hydrogens (tertiary/aromatic N) is 1. The van der Waals surface area contributed by atoms with Gasteiger partial charge < -0.3 is 10.5 Å². The Hall–Kier alpha value is -2.55. The molecule has 0 fully saturated rings. The highest BCUT2D eigenvalue weighted by Gasteiger charge is 2.03. The summed E-state index contributed by atoms with van der Waals surface area (Å²) in [7, 11) is 0. The van der Waals surface area contributed by atoms with E-state index in [0.29, 0.717) is 12.5 Å². The highest BCUT2D eigenvalue weighted by Crippen LogP contribution is 2.23. The van der Waals surface area contributed by atoms with Gasteiger partial charge in [0.25, 0.3) is 0 Å². The second-order valence-corrected chi connectivity index (χ2v) is 4.37. The third-order valence-electron chi connectivity index (χ3n) is 2.99. The van der Waals surface area contributed by atoms with Crippen molar-refractivity contribution < 1.29 is 4.74 Å². The van der Waals surface area contributed by atoms with E-state index in [1.165, 1.54) is 0 Å². The Morgan fingerprint density at radius 3 is 2.58 bits per heavy atom. The van der Waals surface area contributed by atoms with Crippen LogP contribution in [0.3, 0.4) is 0 Å². The minimum Gasteiger partial charge on any atom is -0.472 e. The van der Waals surface area contributed by atoms with Crippen molar-refractivity contribution in [2.45, 2.75) is 6.61 Å². The number of anilines is 1. The van der Waals surface area contributed by atoms with E-state index in [2.05, 4.69) is 4.98 Å². The fraction of sp³-hybridized carbons (Fsp3) is 0.0625. The molecule has 0 aliphatic rings. The summed E-state index contributed by atoms with van der Waals surface area (Å²) in [6.07, 6.45) is 1.76. The lowest BCUT2D eigenvalue weighted by atomic mass is 10.2. The van der Waals surface area contributed by atoms with Crippen molar-refractivity contribution >= 4 is 16.5 Å². The zero-order valence-corrected chi connectivity index (χ0v) is 10.4. The maximum absolute atomic E-state index is 5.79. The van der Waals surface area contributed by atoms with Gasteiger partial charge in [0.1, 0.15) is 6.61 Å². The molecule has 0 bridgehead atoms. The number of pyridine rings is 1. The molecule has 0 aliphatic carbocycles. The predicted molar refractivity (Wildman–Crippen MR) is 76.9 cm³/mol. The van der Waals surface area contributed by atoms with E-state index < -0.39 is 0 Å². The summed E-state index contributed by atoms with van der Waals surface area (Å²) in [6, 6.07) is 17.7. The fourth-order valence-corrected chi connectivity index (χ4v) is 1.97. The Labute approximate surface area is 111 Å². The first-order valence-electron chi connectivity index (χ1n) is 6.14. The van der Waals surface area contributed by atoms with Crippen molar-refractivity contribution in [1.29, 1.82) is 0 Å². The van der Waals surface area contributed by atoms with E-state index >= 15 is 0 Å². The first-order valence-corrected chi connectivity index (χ1v) is 6.14. The number of nitrogens with two attached hydrogens (primary N) is 1. The average molecular weight is 250 g/mol. The molecule has 2 aromatic carbocycles. The van der Waals surface area contributed by atoms with E-state index in [1.807, 2.05) is 54.6 Å². The van der Waals surface area contributed by atoms with Gasteiger partial charge in [-0.15, -0.1) is 0 Å². The number of aromatic nitrogens is 1. The summed E-state index contributed by atoms with van der Waals surface area (Å²) in [5.41, 5.74) is 7.48. The van der Waals surface area contributed by atoms with Crippen LogP contribution in [-0.2, 0) is 6.61 Å². The van der Waals surface area contributed by atoms with Gasteiger partial charge in [-0.3, -0.25) is 0 Å². The van der Waals surface area contributed by atoms with E-state index in [0.717, 1.165) is 22.0 Å². The molecule has 3 nitrogen and oxygen atoms in total. The molecule has 0 saturated heterocycles.